The van der Waals surface area contributed by atoms with Gasteiger partial charge in [0.2, 0.25) is 0 Å². The highest BCUT2D eigenvalue weighted by Crippen LogP contribution is 2.41. The summed E-state index contributed by atoms with van der Waals surface area (Å²) in [5.74, 6) is 1.83. The first-order chi connectivity index (χ1) is 8.35. The number of nitrogens with one attached hydrogen (secondary N) is 1. The molecule has 0 radical (unpaired) electrons. The Morgan fingerprint density at radius 2 is 1.94 bits per heavy atom. The molecule has 1 saturated carbocycles. The monoisotopic (exact) mass is 233 g/mol. The zero-order chi connectivity index (χ0) is 12.1. The summed E-state index contributed by atoms with van der Waals surface area (Å²) in [5, 5.41) is 3.58. The van der Waals surface area contributed by atoms with Crippen molar-refractivity contribution >= 4 is 0 Å². The van der Waals surface area contributed by atoms with Gasteiger partial charge >= 0.3 is 0 Å². The van der Waals surface area contributed by atoms with Gasteiger partial charge in [-0.25, -0.2) is 0 Å². The Hall–Kier alpha value is -1.02. The Kier molecular flexibility index (Phi) is 4.43. The fourth-order valence-corrected chi connectivity index (χ4v) is 2.20. The van der Waals surface area contributed by atoms with Gasteiger partial charge in [-0.05, 0) is 49.4 Å². The molecule has 17 heavy (non-hydrogen) atoms. The summed E-state index contributed by atoms with van der Waals surface area (Å²) in [5.41, 5.74) is 1.40. The fourth-order valence-electron chi connectivity index (χ4n) is 2.20. The molecular weight excluding hydrogens is 210 g/mol. The lowest BCUT2D eigenvalue weighted by molar-refractivity contribution is 0.317. The van der Waals surface area contributed by atoms with Gasteiger partial charge in [-0.2, -0.15) is 0 Å². The molecule has 0 spiro atoms. The van der Waals surface area contributed by atoms with E-state index in [1.165, 1.54) is 18.4 Å². The Labute approximate surface area is 104 Å². The van der Waals surface area contributed by atoms with E-state index in [2.05, 4.69) is 43.4 Å². The zero-order valence-corrected chi connectivity index (χ0v) is 10.9. The summed E-state index contributed by atoms with van der Waals surface area (Å²) >= 11 is 0. The van der Waals surface area contributed by atoms with E-state index in [1.54, 1.807) is 0 Å². The van der Waals surface area contributed by atoms with E-state index in [1.807, 2.05) is 0 Å². The molecule has 1 aromatic carbocycles. The molecule has 1 unspecified atom stereocenters. The summed E-state index contributed by atoms with van der Waals surface area (Å²) in [6.07, 6.45) is 3.79. The third-order valence-electron chi connectivity index (χ3n) is 3.23. The number of ether oxygens (including phenoxy) is 1. The first kappa shape index (κ1) is 12.4. The van der Waals surface area contributed by atoms with Crippen LogP contribution in [0.5, 0.6) is 5.75 Å². The van der Waals surface area contributed by atoms with Gasteiger partial charge in [0.1, 0.15) is 5.75 Å². The van der Waals surface area contributed by atoms with Crippen LogP contribution in [0, 0.1) is 5.92 Å². The van der Waals surface area contributed by atoms with E-state index in [9.17, 15) is 0 Å². The molecule has 1 aromatic rings. The maximum absolute atomic E-state index is 5.61. The van der Waals surface area contributed by atoms with Crippen molar-refractivity contribution in [3.05, 3.63) is 29.8 Å². The second-order valence-corrected chi connectivity index (χ2v) is 4.79. The second kappa shape index (κ2) is 6.06. The molecule has 0 aliphatic heterocycles. The fraction of sp³-hybridized carbons (Fsp3) is 0.600. The molecule has 0 heterocycles. The summed E-state index contributed by atoms with van der Waals surface area (Å²) in [7, 11) is 0. The first-order valence-electron chi connectivity index (χ1n) is 6.81. The van der Waals surface area contributed by atoms with Crippen LogP contribution in [0.1, 0.15) is 44.7 Å². The van der Waals surface area contributed by atoms with Crippen LogP contribution in [0.4, 0.5) is 0 Å². The summed E-state index contributed by atoms with van der Waals surface area (Å²) < 4.78 is 5.61. The van der Waals surface area contributed by atoms with E-state index >= 15 is 0 Å². The minimum atomic E-state index is 0.542. The predicted octanol–water partition coefficient (Wildman–Crippen LogP) is 3.54. The van der Waals surface area contributed by atoms with Crippen molar-refractivity contribution in [3.63, 3.8) is 0 Å². The molecule has 1 fully saturated rings. The van der Waals surface area contributed by atoms with Crippen LogP contribution in [0.25, 0.3) is 0 Å². The predicted molar refractivity (Wildman–Crippen MR) is 71.4 cm³/mol. The van der Waals surface area contributed by atoms with Crippen LogP contribution >= 0.6 is 0 Å². The van der Waals surface area contributed by atoms with E-state index in [4.69, 9.17) is 4.74 Å². The number of benzene rings is 1. The van der Waals surface area contributed by atoms with Crippen molar-refractivity contribution in [2.24, 2.45) is 5.92 Å². The molecule has 1 atom stereocenters. The van der Waals surface area contributed by atoms with Crippen molar-refractivity contribution in [2.45, 2.75) is 39.2 Å². The Morgan fingerprint density at radius 1 is 1.24 bits per heavy atom. The van der Waals surface area contributed by atoms with Crippen LogP contribution in [0.2, 0.25) is 0 Å². The molecule has 0 aromatic heterocycles. The van der Waals surface area contributed by atoms with Gasteiger partial charge in [0, 0.05) is 6.04 Å². The van der Waals surface area contributed by atoms with E-state index in [0.29, 0.717) is 6.04 Å². The summed E-state index contributed by atoms with van der Waals surface area (Å²) in [4.78, 5) is 0. The van der Waals surface area contributed by atoms with Gasteiger partial charge in [0.15, 0.2) is 0 Å². The van der Waals surface area contributed by atoms with Crippen molar-refractivity contribution in [3.8, 4) is 5.75 Å². The van der Waals surface area contributed by atoms with Crippen LogP contribution in [-0.2, 0) is 0 Å². The van der Waals surface area contributed by atoms with Crippen molar-refractivity contribution in [2.75, 3.05) is 13.2 Å². The molecular formula is C15H23NO. The zero-order valence-electron chi connectivity index (χ0n) is 10.9. The lowest BCUT2D eigenvalue weighted by Crippen LogP contribution is -2.22. The molecule has 1 N–H and O–H groups in total. The van der Waals surface area contributed by atoms with E-state index in [0.717, 1.165) is 31.2 Å². The summed E-state index contributed by atoms with van der Waals surface area (Å²) in [6, 6.07) is 9.14. The molecule has 2 heteroatoms. The van der Waals surface area contributed by atoms with E-state index in [-0.39, 0.29) is 0 Å². The van der Waals surface area contributed by atoms with Crippen LogP contribution in [0.3, 0.4) is 0 Å². The van der Waals surface area contributed by atoms with Crippen LogP contribution in [-0.4, -0.2) is 13.2 Å². The third kappa shape index (κ3) is 3.47. The first-order valence-corrected chi connectivity index (χ1v) is 6.81. The van der Waals surface area contributed by atoms with Gasteiger partial charge < -0.3 is 10.1 Å². The van der Waals surface area contributed by atoms with Crippen LogP contribution in [0.15, 0.2) is 24.3 Å². The normalized spacial score (nSPS) is 16.8. The minimum absolute atomic E-state index is 0.542. The van der Waals surface area contributed by atoms with Crippen molar-refractivity contribution < 1.29 is 4.74 Å². The summed E-state index contributed by atoms with van der Waals surface area (Å²) in [6.45, 7) is 6.14. The highest BCUT2D eigenvalue weighted by atomic mass is 16.5. The van der Waals surface area contributed by atoms with Crippen molar-refractivity contribution in [1.82, 2.24) is 5.32 Å². The molecule has 2 rings (SSSR count). The molecule has 0 amide bonds. The number of hydrogen-bond acceptors (Lipinski definition) is 2. The maximum Gasteiger partial charge on any atom is 0.119 e. The highest BCUT2D eigenvalue weighted by molar-refractivity contribution is 5.30. The lowest BCUT2D eigenvalue weighted by atomic mass is 10.0. The topological polar surface area (TPSA) is 21.3 Å². The molecule has 1 aliphatic carbocycles. The Balaban J connectivity index is 1.99. The largest absolute Gasteiger partial charge is 0.494 e. The molecule has 94 valence electrons. The second-order valence-electron chi connectivity index (χ2n) is 4.79. The minimum Gasteiger partial charge on any atom is -0.494 e. The SMILES string of the molecule is CCCOc1ccc(C(NCC)C2CC2)cc1. The molecule has 0 saturated heterocycles. The average molecular weight is 233 g/mol. The lowest BCUT2D eigenvalue weighted by Gasteiger charge is -2.18. The average Bonchev–Trinajstić information content (AvgIpc) is 3.18. The molecule has 2 nitrogen and oxygen atoms in total. The number of rotatable bonds is 7. The highest BCUT2D eigenvalue weighted by Gasteiger charge is 2.31. The van der Waals surface area contributed by atoms with Crippen molar-refractivity contribution in [1.29, 1.82) is 0 Å². The Bertz CT molecular complexity index is 329. The maximum atomic E-state index is 5.61. The number of hydrogen-bond donors (Lipinski definition) is 1. The van der Waals surface area contributed by atoms with E-state index < -0.39 is 0 Å². The smallest absolute Gasteiger partial charge is 0.119 e. The third-order valence-corrected chi connectivity index (χ3v) is 3.23. The molecule has 1 aliphatic rings. The Morgan fingerprint density at radius 3 is 2.47 bits per heavy atom. The van der Waals surface area contributed by atoms with Gasteiger partial charge in [-0.3, -0.25) is 0 Å². The standard InChI is InChI=1S/C15H23NO/c1-3-11-17-14-9-7-13(8-10-14)15(16-4-2)12-5-6-12/h7-10,12,15-16H,3-6,11H2,1-2H3. The quantitative estimate of drug-likeness (QED) is 0.778. The van der Waals surface area contributed by atoms with Crippen LogP contribution < -0.4 is 10.1 Å². The van der Waals surface area contributed by atoms with Gasteiger partial charge in [-0.1, -0.05) is 26.0 Å². The van der Waals surface area contributed by atoms with Gasteiger partial charge in [-0.15, -0.1) is 0 Å². The molecule has 0 bridgehead atoms. The van der Waals surface area contributed by atoms with Gasteiger partial charge in [0.25, 0.3) is 0 Å². The van der Waals surface area contributed by atoms with Gasteiger partial charge in [0.05, 0.1) is 6.61 Å².